The molecule has 1 saturated heterocycles. The van der Waals surface area contributed by atoms with Gasteiger partial charge in [0, 0.05) is 24.4 Å². The van der Waals surface area contributed by atoms with Crippen LogP contribution in [0.1, 0.15) is 31.1 Å². The van der Waals surface area contributed by atoms with Crippen LogP contribution in [-0.4, -0.2) is 35.8 Å². The van der Waals surface area contributed by atoms with Gasteiger partial charge in [-0.2, -0.15) is 0 Å². The normalized spacial score (nSPS) is 19.0. The first-order chi connectivity index (χ1) is 9.61. The van der Waals surface area contributed by atoms with E-state index < -0.39 is 0 Å². The van der Waals surface area contributed by atoms with Crippen LogP contribution in [-0.2, 0) is 16.0 Å². The van der Waals surface area contributed by atoms with Gasteiger partial charge >= 0.3 is 0 Å². The Bertz CT molecular complexity index is 489. The smallest absolute Gasteiger partial charge is 0.242 e. The van der Waals surface area contributed by atoms with Crippen LogP contribution in [0.4, 0.5) is 0 Å². The molecule has 2 heterocycles. The lowest BCUT2D eigenvalue weighted by Crippen LogP contribution is -2.56. The molecule has 0 spiro atoms. The SMILES string of the molecule is CCC1C(=O)NCCN1C(=O)CCCc1ccc(Br)s1. The molecular formula is C14H19BrN2O2S. The van der Waals surface area contributed by atoms with Gasteiger partial charge in [0.15, 0.2) is 0 Å². The molecule has 0 saturated carbocycles. The molecule has 1 atom stereocenters. The van der Waals surface area contributed by atoms with Gasteiger partial charge in [-0.15, -0.1) is 11.3 Å². The monoisotopic (exact) mass is 358 g/mol. The highest BCUT2D eigenvalue weighted by molar-refractivity contribution is 9.11. The van der Waals surface area contributed by atoms with Crippen molar-refractivity contribution in [3.8, 4) is 0 Å². The molecule has 0 radical (unpaired) electrons. The topological polar surface area (TPSA) is 49.4 Å². The van der Waals surface area contributed by atoms with E-state index in [-0.39, 0.29) is 17.9 Å². The highest BCUT2D eigenvalue weighted by Gasteiger charge is 2.30. The van der Waals surface area contributed by atoms with Gasteiger partial charge in [-0.1, -0.05) is 6.92 Å². The number of hydrogen-bond acceptors (Lipinski definition) is 3. The van der Waals surface area contributed by atoms with E-state index in [9.17, 15) is 9.59 Å². The summed E-state index contributed by atoms with van der Waals surface area (Å²) in [5.74, 6) is 0.0802. The number of thiophene rings is 1. The number of amides is 2. The van der Waals surface area contributed by atoms with Crippen LogP contribution in [0.5, 0.6) is 0 Å². The lowest BCUT2D eigenvalue weighted by Gasteiger charge is -2.34. The van der Waals surface area contributed by atoms with Crippen LogP contribution in [0, 0.1) is 0 Å². The van der Waals surface area contributed by atoms with E-state index in [1.807, 2.05) is 13.0 Å². The second-order valence-electron chi connectivity index (χ2n) is 4.86. The highest BCUT2D eigenvalue weighted by atomic mass is 79.9. The molecule has 1 aliphatic heterocycles. The molecule has 0 bridgehead atoms. The van der Waals surface area contributed by atoms with Crippen LogP contribution < -0.4 is 5.32 Å². The second kappa shape index (κ2) is 7.22. The molecule has 1 fully saturated rings. The number of hydrogen-bond donors (Lipinski definition) is 1. The molecule has 20 heavy (non-hydrogen) atoms. The zero-order valence-corrected chi connectivity index (χ0v) is 13.9. The Balaban J connectivity index is 1.83. The average Bonchev–Trinajstić information content (AvgIpc) is 2.84. The third kappa shape index (κ3) is 3.82. The van der Waals surface area contributed by atoms with Gasteiger partial charge in [-0.05, 0) is 47.3 Å². The minimum atomic E-state index is -0.285. The minimum absolute atomic E-state index is 0.0192. The Morgan fingerprint density at radius 1 is 1.55 bits per heavy atom. The summed E-state index contributed by atoms with van der Waals surface area (Å²) in [7, 11) is 0. The molecule has 110 valence electrons. The van der Waals surface area contributed by atoms with Crippen molar-refractivity contribution in [3.05, 3.63) is 20.8 Å². The lowest BCUT2D eigenvalue weighted by atomic mass is 10.1. The van der Waals surface area contributed by atoms with Crippen molar-refractivity contribution in [2.45, 2.75) is 38.6 Å². The first kappa shape index (κ1) is 15.5. The fraction of sp³-hybridized carbons (Fsp3) is 0.571. The summed E-state index contributed by atoms with van der Waals surface area (Å²) in [5.41, 5.74) is 0. The number of nitrogens with one attached hydrogen (secondary N) is 1. The number of carbonyl (C=O) groups is 2. The van der Waals surface area contributed by atoms with Crippen LogP contribution in [0.15, 0.2) is 15.9 Å². The number of nitrogens with zero attached hydrogens (tertiary/aromatic N) is 1. The van der Waals surface area contributed by atoms with E-state index in [4.69, 9.17) is 0 Å². The van der Waals surface area contributed by atoms with E-state index in [1.54, 1.807) is 16.2 Å². The second-order valence-corrected chi connectivity index (χ2v) is 7.41. The van der Waals surface area contributed by atoms with Gasteiger partial charge in [-0.25, -0.2) is 0 Å². The summed E-state index contributed by atoms with van der Waals surface area (Å²) >= 11 is 5.15. The standard InChI is InChI=1S/C14H19BrN2O2S/c1-2-11-14(19)16-8-9-17(11)13(18)5-3-4-10-6-7-12(15)20-10/h6-7,11H,2-5,8-9H2,1H3,(H,16,19). The van der Waals surface area contributed by atoms with E-state index in [1.165, 1.54) is 4.88 Å². The molecule has 2 amide bonds. The first-order valence-corrected chi connectivity index (χ1v) is 8.54. The third-order valence-electron chi connectivity index (χ3n) is 3.48. The van der Waals surface area contributed by atoms with Crippen molar-refractivity contribution < 1.29 is 9.59 Å². The summed E-state index contributed by atoms with van der Waals surface area (Å²) in [6.07, 6.45) is 2.94. The van der Waals surface area contributed by atoms with Gasteiger partial charge in [-0.3, -0.25) is 9.59 Å². The Hall–Kier alpha value is -0.880. The van der Waals surface area contributed by atoms with Gasteiger partial charge in [0.05, 0.1) is 3.79 Å². The maximum absolute atomic E-state index is 12.2. The molecule has 4 nitrogen and oxygen atoms in total. The molecule has 1 N–H and O–H groups in total. The fourth-order valence-corrected chi connectivity index (χ4v) is 3.99. The molecule has 1 aliphatic rings. The molecule has 1 aromatic heterocycles. The van der Waals surface area contributed by atoms with Crippen molar-refractivity contribution in [3.63, 3.8) is 0 Å². The first-order valence-electron chi connectivity index (χ1n) is 6.93. The Labute approximate surface area is 131 Å². The summed E-state index contributed by atoms with van der Waals surface area (Å²) < 4.78 is 1.12. The predicted octanol–water partition coefficient (Wildman–Crippen LogP) is 2.57. The van der Waals surface area contributed by atoms with Crippen LogP contribution in [0.2, 0.25) is 0 Å². The molecule has 1 aromatic rings. The molecule has 2 rings (SSSR count). The van der Waals surface area contributed by atoms with Crippen molar-refractivity contribution in [2.75, 3.05) is 13.1 Å². The summed E-state index contributed by atoms with van der Waals surface area (Å²) in [6.45, 7) is 3.14. The predicted molar refractivity (Wildman–Crippen MR) is 83.8 cm³/mol. The number of carbonyl (C=O) groups excluding carboxylic acids is 2. The van der Waals surface area contributed by atoms with E-state index in [2.05, 4.69) is 27.3 Å². The van der Waals surface area contributed by atoms with Crippen molar-refractivity contribution in [1.82, 2.24) is 10.2 Å². The maximum Gasteiger partial charge on any atom is 0.242 e. The van der Waals surface area contributed by atoms with Gasteiger partial charge in [0.25, 0.3) is 0 Å². The van der Waals surface area contributed by atoms with Gasteiger partial charge in [0.2, 0.25) is 11.8 Å². The molecule has 0 aliphatic carbocycles. The van der Waals surface area contributed by atoms with Gasteiger partial charge in [0.1, 0.15) is 6.04 Å². The minimum Gasteiger partial charge on any atom is -0.353 e. The van der Waals surface area contributed by atoms with Crippen molar-refractivity contribution >= 4 is 39.1 Å². The third-order valence-corrected chi connectivity index (χ3v) is 5.16. The largest absolute Gasteiger partial charge is 0.353 e. The van der Waals surface area contributed by atoms with Crippen LogP contribution >= 0.6 is 27.3 Å². The molecular weight excluding hydrogens is 340 g/mol. The van der Waals surface area contributed by atoms with E-state index >= 15 is 0 Å². The Kier molecular flexibility index (Phi) is 5.60. The summed E-state index contributed by atoms with van der Waals surface area (Å²) in [6, 6.07) is 3.83. The number of piperazine rings is 1. The maximum atomic E-state index is 12.2. The summed E-state index contributed by atoms with van der Waals surface area (Å²) in [4.78, 5) is 27.0. The van der Waals surface area contributed by atoms with Crippen molar-refractivity contribution in [2.24, 2.45) is 0 Å². The molecule has 6 heteroatoms. The zero-order chi connectivity index (χ0) is 14.5. The lowest BCUT2D eigenvalue weighted by molar-refractivity contribution is -0.143. The van der Waals surface area contributed by atoms with Crippen molar-refractivity contribution in [1.29, 1.82) is 0 Å². The number of halogens is 1. The van der Waals surface area contributed by atoms with Crippen LogP contribution in [0.25, 0.3) is 0 Å². The molecule has 1 unspecified atom stereocenters. The van der Waals surface area contributed by atoms with E-state index in [0.29, 0.717) is 25.9 Å². The zero-order valence-electron chi connectivity index (χ0n) is 11.5. The number of aryl methyl sites for hydroxylation is 1. The Morgan fingerprint density at radius 3 is 3.00 bits per heavy atom. The van der Waals surface area contributed by atoms with E-state index in [0.717, 1.165) is 16.6 Å². The van der Waals surface area contributed by atoms with Gasteiger partial charge < -0.3 is 10.2 Å². The Morgan fingerprint density at radius 2 is 2.35 bits per heavy atom. The highest BCUT2D eigenvalue weighted by Crippen LogP contribution is 2.23. The molecule has 0 aromatic carbocycles. The average molecular weight is 359 g/mol. The fourth-order valence-electron chi connectivity index (χ4n) is 2.46. The van der Waals surface area contributed by atoms with Crippen LogP contribution in [0.3, 0.4) is 0 Å². The quantitative estimate of drug-likeness (QED) is 0.879. The summed E-state index contributed by atoms with van der Waals surface area (Å²) in [5, 5.41) is 2.82. The number of rotatable bonds is 5.